The standard InChI is InChI=1S/C21H27ClN6O4/c1-21(2,3)32-17(29)13-25(4)19-18(28(30)31)20(24-14-23-19)27-11-9-26(10-12-27)16-8-6-5-7-15(16)22/h5-8,14H,9-13H2,1-4H3. The molecule has 1 saturated heterocycles. The maximum atomic E-state index is 12.2. The number of hydrogen-bond donors (Lipinski definition) is 0. The van der Waals surface area contributed by atoms with E-state index in [9.17, 15) is 14.9 Å². The minimum absolute atomic E-state index is 0.0689. The number of halogens is 1. The molecule has 1 aromatic heterocycles. The van der Waals surface area contributed by atoms with Gasteiger partial charge in [0.1, 0.15) is 18.5 Å². The molecular formula is C21H27ClN6O4. The van der Waals surface area contributed by atoms with Crippen molar-refractivity contribution in [2.75, 3.05) is 54.5 Å². The van der Waals surface area contributed by atoms with Gasteiger partial charge in [-0.05, 0) is 32.9 Å². The predicted octanol–water partition coefficient (Wildman–Crippen LogP) is 3.14. The van der Waals surface area contributed by atoms with Crippen LogP contribution >= 0.6 is 11.6 Å². The highest BCUT2D eigenvalue weighted by molar-refractivity contribution is 6.33. The van der Waals surface area contributed by atoms with Crippen molar-refractivity contribution in [3.8, 4) is 0 Å². The Kier molecular flexibility index (Phi) is 7.02. The predicted molar refractivity (Wildman–Crippen MR) is 124 cm³/mol. The maximum Gasteiger partial charge on any atom is 0.353 e. The molecule has 0 atom stereocenters. The number of esters is 1. The summed E-state index contributed by atoms with van der Waals surface area (Å²) in [5.74, 6) is -0.197. The van der Waals surface area contributed by atoms with Crippen LogP contribution in [0.15, 0.2) is 30.6 Å². The Morgan fingerprint density at radius 1 is 1.19 bits per heavy atom. The summed E-state index contributed by atoms with van der Waals surface area (Å²) >= 11 is 6.31. The van der Waals surface area contributed by atoms with Crippen LogP contribution in [0.3, 0.4) is 0 Å². The van der Waals surface area contributed by atoms with E-state index in [0.717, 1.165) is 5.69 Å². The third-order valence-corrected chi connectivity index (χ3v) is 5.21. The van der Waals surface area contributed by atoms with Gasteiger partial charge in [0, 0.05) is 33.2 Å². The van der Waals surface area contributed by atoms with Gasteiger partial charge >= 0.3 is 11.7 Å². The highest BCUT2D eigenvalue weighted by atomic mass is 35.5. The van der Waals surface area contributed by atoms with E-state index < -0.39 is 16.5 Å². The lowest BCUT2D eigenvalue weighted by Gasteiger charge is -2.37. The van der Waals surface area contributed by atoms with Crippen LogP contribution < -0.4 is 14.7 Å². The fraction of sp³-hybridized carbons (Fsp3) is 0.476. The molecule has 32 heavy (non-hydrogen) atoms. The number of benzene rings is 1. The topological polar surface area (TPSA) is 105 Å². The number of carbonyl (C=O) groups is 1. The van der Waals surface area contributed by atoms with E-state index in [-0.39, 0.29) is 23.9 Å². The van der Waals surface area contributed by atoms with Crippen molar-refractivity contribution >= 4 is 40.6 Å². The third kappa shape index (κ3) is 5.56. The van der Waals surface area contributed by atoms with Crippen molar-refractivity contribution in [2.45, 2.75) is 26.4 Å². The van der Waals surface area contributed by atoms with Gasteiger partial charge in [0.05, 0.1) is 15.6 Å². The van der Waals surface area contributed by atoms with Gasteiger partial charge in [-0.15, -0.1) is 0 Å². The van der Waals surface area contributed by atoms with E-state index in [1.807, 2.05) is 29.2 Å². The summed E-state index contributed by atoms with van der Waals surface area (Å²) in [6.45, 7) is 7.43. The molecule has 2 heterocycles. The van der Waals surface area contributed by atoms with Crippen molar-refractivity contribution in [1.82, 2.24) is 9.97 Å². The van der Waals surface area contributed by atoms with Crippen molar-refractivity contribution < 1.29 is 14.5 Å². The second-order valence-corrected chi connectivity index (χ2v) is 8.90. The molecule has 0 radical (unpaired) electrons. The minimum atomic E-state index is -0.651. The molecule has 1 aliphatic rings. The van der Waals surface area contributed by atoms with E-state index in [1.165, 1.54) is 11.2 Å². The molecule has 11 heteroatoms. The first kappa shape index (κ1) is 23.5. The highest BCUT2D eigenvalue weighted by Gasteiger charge is 2.32. The third-order valence-electron chi connectivity index (χ3n) is 4.89. The Morgan fingerprint density at radius 2 is 1.81 bits per heavy atom. The number of nitrogens with zero attached hydrogens (tertiary/aromatic N) is 6. The van der Waals surface area contributed by atoms with Crippen LogP contribution in [0, 0.1) is 10.1 Å². The average Bonchev–Trinajstić information content (AvgIpc) is 2.72. The molecule has 3 rings (SSSR count). The number of para-hydroxylation sites is 1. The highest BCUT2D eigenvalue weighted by Crippen LogP contribution is 2.35. The van der Waals surface area contributed by atoms with Gasteiger partial charge in [-0.25, -0.2) is 9.97 Å². The monoisotopic (exact) mass is 462 g/mol. The summed E-state index contributed by atoms with van der Waals surface area (Å²) in [4.78, 5) is 37.4. The molecule has 0 saturated carbocycles. The lowest BCUT2D eigenvalue weighted by molar-refractivity contribution is -0.383. The molecule has 0 amide bonds. The molecule has 2 aromatic rings. The lowest BCUT2D eigenvalue weighted by atomic mass is 10.2. The summed E-state index contributed by atoms with van der Waals surface area (Å²) in [5.41, 5.74) is 0.0516. The SMILES string of the molecule is CN(CC(=O)OC(C)(C)C)c1ncnc(N2CCN(c3ccccc3Cl)CC2)c1[N+](=O)[O-]. The van der Waals surface area contributed by atoms with Gasteiger partial charge in [0.2, 0.25) is 11.6 Å². The van der Waals surface area contributed by atoms with Gasteiger partial charge in [0.15, 0.2) is 0 Å². The molecule has 1 aliphatic heterocycles. The Hall–Kier alpha value is -3.14. The zero-order valence-electron chi connectivity index (χ0n) is 18.6. The molecular weight excluding hydrogens is 436 g/mol. The molecule has 0 spiro atoms. The van der Waals surface area contributed by atoms with Crippen LogP contribution in [0.1, 0.15) is 20.8 Å². The quantitative estimate of drug-likeness (QED) is 0.363. The summed E-state index contributed by atoms with van der Waals surface area (Å²) < 4.78 is 5.32. The van der Waals surface area contributed by atoms with Crippen molar-refractivity contribution in [1.29, 1.82) is 0 Å². The molecule has 0 unspecified atom stereocenters. The fourth-order valence-corrected chi connectivity index (χ4v) is 3.80. The van der Waals surface area contributed by atoms with E-state index in [4.69, 9.17) is 16.3 Å². The minimum Gasteiger partial charge on any atom is -0.459 e. The lowest BCUT2D eigenvalue weighted by Crippen LogP contribution is -2.47. The van der Waals surface area contributed by atoms with Gasteiger partial charge in [-0.2, -0.15) is 0 Å². The molecule has 0 aliphatic carbocycles. The van der Waals surface area contributed by atoms with Crippen LogP contribution in [0.25, 0.3) is 0 Å². The van der Waals surface area contributed by atoms with E-state index in [0.29, 0.717) is 31.2 Å². The summed E-state index contributed by atoms with van der Waals surface area (Å²) in [5, 5.41) is 12.6. The van der Waals surface area contributed by atoms with E-state index >= 15 is 0 Å². The summed E-state index contributed by atoms with van der Waals surface area (Å²) in [6, 6.07) is 7.59. The number of anilines is 3. The zero-order valence-corrected chi connectivity index (χ0v) is 19.4. The maximum absolute atomic E-state index is 12.2. The van der Waals surface area contributed by atoms with Gasteiger partial charge in [-0.1, -0.05) is 23.7 Å². The van der Waals surface area contributed by atoms with Crippen LogP contribution in [0.2, 0.25) is 5.02 Å². The van der Waals surface area contributed by atoms with Gasteiger partial charge < -0.3 is 19.4 Å². The summed E-state index contributed by atoms with van der Waals surface area (Å²) in [7, 11) is 1.57. The van der Waals surface area contributed by atoms with Crippen molar-refractivity contribution in [3.05, 3.63) is 45.7 Å². The Morgan fingerprint density at radius 3 is 2.41 bits per heavy atom. The van der Waals surface area contributed by atoms with Crippen LogP contribution in [-0.2, 0) is 9.53 Å². The first-order valence-corrected chi connectivity index (χ1v) is 10.6. The first-order valence-electron chi connectivity index (χ1n) is 10.2. The number of aromatic nitrogens is 2. The van der Waals surface area contributed by atoms with Gasteiger partial charge in [-0.3, -0.25) is 14.9 Å². The molecule has 0 bridgehead atoms. The number of carbonyl (C=O) groups excluding carboxylic acids is 1. The number of rotatable bonds is 6. The Balaban J connectivity index is 1.79. The van der Waals surface area contributed by atoms with E-state index in [1.54, 1.807) is 27.8 Å². The number of piperazine rings is 1. The zero-order chi connectivity index (χ0) is 23.5. The van der Waals surface area contributed by atoms with E-state index in [2.05, 4.69) is 14.9 Å². The number of nitro groups is 1. The van der Waals surface area contributed by atoms with Crippen molar-refractivity contribution in [3.63, 3.8) is 0 Å². The molecule has 1 fully saturated rings. The van der Waals surface area contributed by atoms with Crippen LogP contribution in [0.4, 0.5) is 23.0 Å². The Labute approximate surface area is 191 Å². The number of ether oxygens (including phenoxy) is 1. The van der Waals surface area contributed by atoms with Gasteiger partial charge in [0.25, 0.3) is 0 Å². The van der Waals surface area contributed by atoms with Crippen LogP contribution in [0.5, 0.6) is 0 Å². The molecule has 0 N–H and O–H groups in total. The van der Waals surface area contributed by atoms with Crippen molar-refractivity contribution in [2.24, 2.45) is 0 Å². The largest absolute Gasteiger partial charge is 0.459 e. The Bertz CT molecular complexity index is 988. The average molecular weight is 463 g/mol. The molecule has 1 aromatic carbocycles. The molecule has 172 valence electrons. The fourth-order valence-electron chi connectivity index (χ4n) is 3.54. The second-order valence-electron chi connectivity index (χ2n) is 8.49. The smallest absolute Gasteiger partial charge is 0.353 e. The summed E-state index contributed by atoms with van der Waals surface area (Å²) in [6.07, 6.45) is 1.28. The number of hydrogen-bond acceptors (Lipinski definition) is 9. The molecule has 10 nitrogen and oxygen atoms in total. The normalized spacial score (nSPS) is 14.3. The first-order chi connectivity index (χ1) is 15.1. The van der Waals surface area contributed by atoms with Crippen LogP contribution in [-0.4, -0.2) is 66.2 Å². The second kappa shape index (κ2) is 9.56. The number of likely N-dealkylation sites (N-methyl/N-ethyl adjacent to an activating group) is 1.